The van der Waals surface area contributed by atoms with Crippen LogP contribution >= 0.6 is 0 Å². The number of hydrogen-bond donors (Lipinski definition) is 2. The number of hydrogen-bond acceptors (Lipinski definition) is 3. The molecule has 0 aromatic carbocycles. The van der Waals surface area contributed by atoms with Gasteiger partial charge in [0.25, 0.3) is 0 Å². The third-order valence-corrected chi connectivity index (χ3v) is 1.71. The highest BCUT2D eigenvalue weighted by molar-refractivity contribution is 5.72. The van der Waals surface area contributed by atoms with Crippen molar-refractivity contribution in [2.75, 3.05) is 13.1 Å². The Balaban J connectivity index is 2.28. The first-order valence-corrected chi connectivity index (χ1v) is 3.88. The van der Waals surface area contributed by atoms with E-state index in [0.717, 1.165) is 19.4 Å². The highest BCUT2D eigenvalue weighted by Gasteiger charge is 2.17. The van der Waals surface area contributed by atoms with Crippen LogP contribution in [0.1, 0.15) is 19.8 Å². The van der Waals surface area contributed by atoms with E-state index in [2.05, 4.69) is 5.43 Å². The molecule has 1 saturated heterocycles. The fraction of sp³-hybridized carbons (Fsp3) is 0.857. The van der Waals surface area contributed by atoms with Crippen molar-refractivity contribution in [1.29, 1.82) is 0 Å². The van der Waals surface area contributed by atoms with Crippen LogP contribution in [0.15, 0.2) is 0 Å². The van der Waals surface area contributed by atoms with Crippen LogP contribution in [0.4, 0.5) is 0 Å². The van der Waals surface area contributed by atoms with Crippen molar-refractivity contribution in [2.45, 2.75) is 25.9 Å². The minimum atomic E-state index is -0.282. The van der Waals surface area contributed by atoms with Crippen molar-refractivity contribution >= 4 is 5.91 Å². The molecule has 64 valence electrons. The van der Waals surface area contributed by atoms with Crippen molar-refractivity contribution < 1.29 is 9.90 Å². The fourth-order valence-corrected chi connectivity index (χ4v) is 1.28. The highest BCUT2D eigenvalue weighted by Crippen LogP contribution is 2.06. The zero-order valence-corrected chi connectivity index (χ0v) is 6.71. The Bertz CT molecular complexity index is 149. The van der Waals surface area contributed by atoms with Gasteiger partial charge in [0.05, 0.1) is 6.10 Å². The van der Waals surface area contributed by atoms with Gasteiger partial charge in [-0.2, -0.15) is 0 Å². The van der Waals surface area contributed by atoms with E-state index in [1.54, 1.807) is 5.01 Å². The van der Waals surface area contributed by atoms with Crippen LogP contribution in [0.2, 0.25) is 0 Å². The molecule has 11 heavy (non-hydrogen) atoms. The van der Waals surface area contributed by atoms with Gasteiger partial charge in [0, 0.05) is 20.0 Å². The standard InChI is InChI=1S/C7H14N2O2/c1-6(10)8-9-4-2-3-7(11)5-9/h7,11H,2-5H2,1H3,(H,8,10). The average Bonchev–Trinajstić information content (AvgIpc) is 1.85. The second-order valence-electron chi connectivity index (χ2n) is 2.91. The number of piperidine rings is 1. The van der Waals surface area contributed by atoms with Gasteiger partial charge in [0.1, 0.15) is 0 Å². The van der Waals surface area contributed by atoms with E-state index in [1.165, 1.54) is 6.92 Å². The molecule has 1 amide bonds. The predicted octanol–water partition coefficient (Wildman–Crippen LogP) is -0.506. The summed E-state index contributed by atoms with van der Waals surface area (Å²) in [7, 11) is 0. The maximum absolute atomic E-state index is 10.6. The average molecular weight is 158 g/mol. The first-order chi connectivity index (χ1) is 5.18. The minimum absolute atomic E-state index is 0.0703. The largest absolute Gasteiger partial charge is 0.392 e. The Labute approximate surface area is 66.2 Å². The maximum atomic E-state index is 10.6. The molecule has 0 aromatic heterocycles. The smallest absolute Gasteiger partial charge is 0.231 e. The normalized spacial score (nSPS) is 26.5. The van der Waals surface area contributed by atoms with Crippen LogP contribution in [0, 0.1) is 0 Å². The van der Waals surface area contributed by atoms with E-state index in [0.29, 0.717) is 6.54 Å². The molecule has 1 atom stereocenters. The van der Waals surface area contributed by atoms with Gasteiger partial charge >= 0.3 is 0 Å². The van der Waals surface area contributed by atoms with E-state index in [4.69, 9.17) is 0 Å². The Morgan fingerprint density at radius 3 is 3.00 bits per heavy atom. The van der Waals surface area contributed by atoms with Crippen molar-refractivity contribution in [3.63, 3.8) is 0 Å². The van der Waals surface area contributed by atoms with Crippen molar-refractivity contribution in [3.8, 4) is 0 Å². The first-order valence-electron chi connectivity index (χ1n) is 3.88. The van der Waals surface area contributed by atoms with Crippen LogP contribution < -0.4 is 5.43 Å². The van der Waals surface area contributed by atoms with Crippen LogP contribution in [0.25, 0.3) is 0 Å². The van der Waals surface area contributed by atoms with Gasteiger partial charge < -0.3 is 5.11 Å². The number of nitrogens with zero attached hydrogens (tertiary/aromatic N) is 1. The second kappa shape index (κ2) is 3.69. The third kappa shape index (κ3) is 2.86. The van der Waals surface area contributed by atoms with Crippen molar-refractivity contribution in [1.82, 2.24) is 10.4 Å². The number of amides is 1. The molecule has 0 saturated carbocycles. The summed E-state index contributed by atoms with van der Waals surface area (Å²) in [6.45, 7) is 2.87. The van der Waals surface area contributed by atoms with E-state index in [-0.39, 0.29) is 12.0 Å². The monoisotopic (exact) mass is 158 g/mol. The Hall–Kier alpha value is -0.610. The lowest BCUT2D eigenvalue weighted by atomic mass is 10.1. The van der Waals surface area contributed by atoms with Gasteiger partial charge in [-0.15, -0.1) is 0 Å². The third-order valence-electron chi connectivity index (χ3n) is 1.71. The Morgan fingerprint density at radius 1 is 1.73 bits per heavy atom. The van der Waals surface area contributed by atoms with E-state index < -0.39 is 0 Å². The van der Waals surface area contributed by atoms with Crippen molar-refractivity contribution in [3.05, 3.63) is 0 Å². The molecule has 0 spiro atoms. The number of β-amino-alcohol motifs (C(OH)–C–C–N with tert-alkyl or cyclic N) is 1. The number of rotatable bonds is 1. The molecule has 2 N–H and O–H groups in total. The Morgan fingerprint density at radius 2 is 2.45 bits per heavy atom. The zero-order valence-electron chi connectivity index (χ0n) is 6.71. The predicted molar refractivity (Wildman–Crippen MR) is 40.6 cm³/mol. The van der Waals surface area contributed by atoms with Crippen LogP contribution in [0.3, 0.4) is 0 Å². The van der Waals surface area contributed by atoms with Crippen LogP contribution in [0.5, 0.6) is 0 Å². The lowest BCUT2D eigenvalue weighted by Gasteiger charge is -2.29. The molecule has 1 aliphatic rings. The summed E-state index contributed by atoms with van der Waals surface area (Å²) in [5.41, 5.74) is 2.65. The molecule has 1 fully saturated rings. The molecule has 0 aliphatic carbocycles. The lowest BCUT2D eigenvalue weighted by Crippen LogP contribution is -2.48. The molecule has 0 radical (unpaired) electrons. The second-order valence-corrected chi connectivity index (χ2v) is 2.91. The topological polar surface area (TPSA) is 52.6 Å². The number of hydrazine groups is 1. The Kier molecular flexibility index (Phi) is 2.84. The number of aliphatic hydroxyl groups is 1. The summed E-state index contributed by atoms with van der Waals surface area (Å²) < 4.78 is 0. The molecule has 1 heterocycles. The number of nitrogens with one attached hydrogen (secondary N) is 1. The van der Waals surface area contributed by atoms with E-state index in [9.17, 15) is 9.90 Å². The summed E-state index contributed by atoms with van der Waals surface area (Å²) in [6, 6.07) is 0. The van der Waals surface area contributed by atoms with Crippen LogP contribution in [-0.2, 0) is 4.79 Å². The molecule has 1 aliphatic heterocycles. The first kappa shape index (κ1) is 8.49. The molecule has 4 nitrogen and oxygen atoms in total. The van der Waals surface area contributed by atoms with Crippen LogP contribution in [-0.4, -0.2) is 35.2 Å². The van der Waals surface area contributed by atoms with Gasteiger partial charge in [-0.1, -0.05) is 0 Å². The molecule has 0 bridgehead atoms. The fourth-order valence-electron chi connectivity index (χ4n) is 1.28. The molecular formula is C7H14N2O2. The van der Waals surface area contributed by atoms with E-state index in [1.807, 2.05) is 0 Å². The summed E-state index contributed by atoms with van der Waals surface area (Å²) in [5, 5.41) is 11.0. The zero-order chi connectivity index (χ0) is 8.27. The summed E-state index contributed by atoms with van der Waals surface area (Å²) in [6.07, 6.45) is 1.51. The van der Waals surface area contributed by atoms with Gasteiger partial charge in [-0.3, -0.25) is 10.2 Å². The van der Waals surface area contributed by atoms with Crippen molar-refractivity contribution in [2.24, 2.45) is 0 Å². The minimum Gasteiger partial charge on any atom is -0.392 e. The number of carbonyl (C=O) groups is 1. The van der Waals surface area contributed by atoms with Gasteiger partial charge in [0.15, 0.2) is 0 Å². The highest BCUT2D eigenvalue weighted by atomic mass is 16.3. The summed E-state index contributed by atoms with van der Waals surface area (Å²) in [4.78, 5) is 10.6. The van der Waals surface area contributed by atoms with Gasteiger partial charge in [-0.05, 0) is 12.8 Å². The molecule has 1 unspecified atom stereocenters. The molecule has 1 rings (SSSR count). The van der Waals surface area contributed by atoms with Gasteiger partial charge in [0.2, 0.25) is 5.91 Å². The number of carbonyl (C=O) groups excluding carboxylic acids is 1. The quantitative estimate of drug-likeness (QED) is 0.540. The number of aliphatic hydroxyl groups excluding tert-OH is 1. The lowest BCUT2D eigenvalue weighted by molar-refractivity contribution is -0.125. The van der Waals surface area contributed by atoms with Gasteiger partial charge in [-0.25, -0.2) is 5.01 Å². The molecule has 0 aromatic rings. The summed E-state index contributed by atoms with van der Waals surface area (Å²) in [5.74, 6) is -0.0703. The SMILES string of the molecule is CC(=O)NN1CCCC(O)C1. The molecular weight excluding hydrogens is 144 g/mol. The maximum Gasteiger partial charge on any atom is 0.231 e. The van der Waals surface area contributed by atoms with E-state index >= 15 is 0 Å². The molecule has 4 heteroatoms. The summed E-state index contributed by atoms with van der Waals surface area (Å²) >= 11 is 0.